The molecule has 0 heterocycles. The largest absolute Gasteiger partial charge is 0.374 e. The molecule has 0 radical (unpaired) electrons. The minimum absolute atomic E-state index is 0.267. The van der Waals surface area contributed by atoms with Gasteiger partial charge in [0.25, 0.3) is 0 Å². The van der Waals surface area contributed by atoms with Crippen molar-refractivity contribution in [1.82, 2.24) is 0 Å². The van der Waals surface area contributed by atoms with Crippen LogP contribution < -0.4 is 0 Å². The van der Waals surface area contributed by atoms with Crippen LogP contribution in [0.15, 0.2) is 18.2 Å². The fourth-order valence-corrected chi connectivity index (χ4v) is 1.44. The number of aliphatic hydroxyl groups is 1. The first kappa shape index (κ1) is 9.34. The summed E-state index contributed by atoms with van der Waals surface area (Å²) in [6.07, 6.45) is -1.26. The highest BCUT2D eigenvalue weighted by atomic mass is 35.5. The molecule has 62 valence electrons. The van der Waals surface area contributed by atoms with Gasteiger partial charge in [-0.05, 0) is 12.1 Å². The van der Waals surface area contributed by atoms with Crippen LogP contribution in [0.1, 0.15) is 11.7 Å². The van der Waals surface area contributed by atoms with Crippen LogP contribution in [-0.4, -0.2) is 5.11 Å². The van der Waals surface area contributed by atoms with Crippen LogP contribution in [0.4, 0.5) is 0 Å². The zero-order valence-corrected chi connectivity index (χ0v) is 7.47. The van der Waals surface area contributed by atoms with Crippen LogP contribution in [0.5, 0.6) is 0 Å². The number of halogens is 2. The number of hydrogen-bond acceptors (Lipinski definition) is 2. The third kappa shape index (κ3) is 1.70. The van der Waals surface area contributed by atoms with Gasteiger partial charge in [0.15, 0.2) is 6.10 Å². The Labute approximate surface area is 80.0 Å². The van der Waals surface area contributed by atoms with E-state index in [1.165, 1.54) is 0 Å². The number of nitrogens with zero attached hydrogens (tertiary/aromatic N) is 1. The highest BCUT2D eigenvalue weighted by Crippen LogP contribution is 2.29. The Kier molecular flexibility index (Phi) is 2.93. The quantitative estimate of drug-likeness (QED) is 0.711. The summed E-state index contributed by atoms with van der Waals surface area (Å²) in [6, 6.07) is 6.45. The third-order valence-electron chi connectivity index (χ3n) is 1.40. The molecule has 0 bridgehead atoms. The standard InChI is InChI=1S/C8H5Cl2NO/c9-5-2-1-3-6(10)8(5)7(12)4-11/h1-3,7,12H/t7-/m1/s1. The van der Waals surface area contributed by atoms with Crippen molar-refractivity contribution in [2.75, 3.05) is 0 Å². The molecule has 0 aliphatic heterocycles. The van der Waals surface area contributed by atoms with Crippen molar-refractivity contribution in [2.45, 2.75) is 6.10 Å². The van der Waals surface area contributed by atoms with E-state index in [2.05, 4.69) is 0 Å². The fraction of sp³-hybridized carbons (Fsp3) is 0.125. The molecule has 1 N–H and O–H groups in total. The minimum Gasteiger partial charge on any atom is -0.374 e. The van der Waals surface area contributed by atoms with E-state index >= 15 is 0 Å². The minimum atomic E-state index is -1.26. The van der Waals surface area contributed by atoms with Gasteiger partial charge in [-0.1, -0.05) is 29.3 Å². The first-order chi connectivity index (χ1) is 5.66. The van der Waals surface area contributed by atoms with Gasteiger partial charge in [0.1, 0.15) is 0 Å². The first-order valence-corrected chi connectivity index (χ1v) is 3.94. The Balaban J connectivity index is 3.23. The molecular weight excluding hydrogens is 197 g/mol. The average molecular weight is 202 g/mol. The number of aliphatic hydroxyl groups excluding tert-OH is 1. The van der Waals surface area contributed by atoms with Gasteiger partial charge in [-0.25, -0.2) is 0 Å². The fourth-order valence-electron chi connectivity index (χ4n) is 0.836. The molecule has 0 spiro atoms. The summed E-state index contributed by atoms with van der Waals surface area (Å²) in [5.74, 6) is 0. The zero-order chi connectivity index (χ0) is 9.14. The van der Waals surface area contributed by atoms with E-state index in [1.807, 2.05) is 0 Å². The SMILES string of the molecule is N#C[C@@H](O)c1c(Cl)cccc1Cl. The maximum absolute atomic E-state index is 9.16. The molecule has 0 fully saturated rings. The molecule has 0 aliphatic carbocycles. The van der Waals surface area contributed by atoms with Crippen LogP contribution in [-0.2, 0) is 0 Å². The molecule has 0 aliphatic rings. The van der Waals surface area contributed by atoms with Crippen LogP contribution in [0.3, 0.4) is 0 Å². The van der Waals surface area contributed by atoms with E-state index in [0.29, 0.717) is 10.0 Å². The molecule has 1 aromatic carbocycles. The Hall–Kier alpha value is -0.750. The van der Waals surface area contributed by atoms with Gasteiger partial charge < -0.3 is 5.11 Å². The van der Waals surface area contributed by atoms with Crippen molar-refractivity contribution < 1.29 is 5.11 Å². The summed E-state index contributed by atoms with van der Waals surface area (Å²) in [4.78, 5) is 0. The Bertz CT molecular complexity index is 312. The van der Waals surface area contributed by atoms with Crippen molar-refractivity contribution in [1.29, 1.82) is 5.26 Å². The monoisotopic (exact) mass is 201 g/mol. The van der Waals surface area contributed by atoms with Crippen LogP contribution in [0.25, 0.3) is 0 Å². The van der Waals surface area contributed by atoms with Crippen molar-refractivity contribution in [3.05, 3.63) is 33.8 Å². The second kappa shape index (κ2) is 3.77. The van der Waals surface area contributed by atoms with Crippen molar-refractivity contribution in [3.8, 4) is 6.07 Å². The van der Waals surface area contributed by atoms with E-state index in [0.717, 1.165) is 0 Å². The van der Waals surface area contributed by atoms with Gasteiger partial charge in [0, 0.05) is 15.6 Å². The van der Waals surface area contributed by atoms with Crippen LogP contribution >= 0.6 is 23.2 Å². The molecule has 4 heteroatoms. The Morgan fingerprint density at radius 1 is 1.33 bits per heavy atom. The van der Waals surface area contributed by atoms with Crippen molar-refractivity contribution >= 4 is 23.2 Å². The number of nitriles is 1. The first-order valence-electron chi connectivity index (χ1n) is 3.18. The summed E-state index contributed by atoms with van der Waals surface area (Å²) in [7, 11) is 0. The topological polar surface area (TPSA) is 44.0 Å². The average Bonchev–Trinajstić information content (AvgIpc) is 2.03. The van der Waals surface area contributed by atoms with E-state index in [-0.39, 0.29) is 5.56 Å². The molecule has 1 aromatic rings. The van der Waals surface area contributed by atoms with Crippen molar-refractivity contribution in [3.63, 3.8) is 0 Å². The van der Waals surface area contributed by atoms with Crippen molar-refractivity contribution in [2.24, 2.45) is 0 Å². The third-order valence-corrected chi connectivity index (χ3v) is 2.05. The molecule has 0 saturated heterocycles. The number of rotatable bonds is 1. The van der Waals surface area contributed by atoms with Gasteiger partial charge in [-0.2, -0.15) is 5.26 Å². The van der Waals surface area contributed by atoms with Crippen LogP contribution in [0.2, 0.25) is 10.0 Å². The smallest absolute Gasteiger partial charge is 0.168 e. The van der Waals surface area contributed by atoms with Gasteiger partial charge >= 0.3 is 0 Å². The molecule has 0 amide bonds. The maximum Gasteiger partial charge on any atom is 0.168 e. The van der Waals surface area contributed by atoms with E-state index < -0.39 is 6.10 Å². The number of hydrogen-bond donors (Lipinski definition) is 1. The van der Waals surface area contributed by atoms with Gasteiger partial charge in [0.05, 0.1) is 6.07 Å². The van der Waals surface area contributed by atoms with Crippen LogP contribution in [0, 0.1) is 11.3 Å². The second-order valence-electron chi connectivity index (χ2n) is 2.17. The maximum atomic E-state index is 9.16. The molecule has 0 unspecified atom stereocenters. The molecule has 1 atom stereocenters. The molecule has 12 heavy (non-hydrogen) atoms. The molecular formula is C8H5Cl2NO. The Morgan fingerprint density at radius 2 is 1.83 bits per heavy atom. The summed E-state index contributed by atoms with van der Waals surface area (Å²) in [6.45, 7) is 0. The summed E-state index contributed by atoms with van der Waals surface area (Å²) in [5.41, 5.74) is 0.267. The highest BCUT2D eigenvalue weighted by Gasteiger charge is 2.13. The molecule has 0 aromatic heterocycles. The zero-order valence-electron chi connectivity index (χ0n) is 5.96. The second-order valence-corrected chi connectivity index (χ2v) is 2.98. The van der Waals surface area contributed by atoms with Gasteiger partial charge in [-0.15, -0.1) is 0 Å². The normalized spacial score (nSPS) is 12.2. The predicted octanol–water partition coefficient (Wildman–Crippen LogP) is 2.55. The number of benzene rings is 1. The lowest BCUT2D eigenvalue weighted by molar-refractivity contribution is 0.236. The lowest BCUT2D eigenvalue weighted by Crippen LogP contribution is -1.95. The molecule has 2 nitrogen and oxygen atoms in total. The highest BCUT2D eigenvalue weighted by molar-refractivity contribution is 6.36. The lowest BCUT2D eigenvalue weighted by atomic mass is 10.1. The summed E-state index contributed by atoms with van der Waals surface area (Å²) < 4.78 is 0. The van der Waals surface area contributed by atoms with E-state index in [9.17, 15) is 0 Å². The molecule has 1 rings (SSSR count). The van der Waals surface area contributed by atoms with Gasteiger partial charge in [0.2, 0.25) is 0 Å². The van der Waals surface area contributed by atoms with E-state index in [4.69, 9.17) is 33.6 Å². The lowest BCUT2D eigenvalue weighted by Gasteiger charge is -2.06. The van der Waals surface area contributed by atoms with Gasteiger partial charge in [-0.3, -0.25) is 0 Å². The van der Waals surface area contributed by atoms with E-state index in [1.54, 1.807) is 24.3 Å². The summed E-state index contributed by atoms with van der Waals surface area (Å²) in [5, 5.41) is 18.2. The summed E-state index contributed by atoms with van der Waals surface area (Å²) >= 11 is 11.4. The predicted molar refractivity (Wildman–Crippen MR) is 47.0 cm³/mol. The molecule has 0 saturated carbocycles. The Morgan fingerprint density at radius 3 is 2.25 bits per heavy atom.